The van der Waals surface area contributed by atoms with Crippen molar-refractivity contribution < 1.29 is 4.79 Å². The van der Waals surface area contributed by atoms with Crippen molar-refractivity contribution in [3.05, 3.63) is 0 Å². The van der Waals surface area contributed by atoms with Crippen LogP contribution in [0.5, 0.6) is 0 Å². The lowest BCUT2D eigenvalue weighted by Gasteiger charge is -2.21. The number of carbonyl (C=O) groups is 1. The van der Waals surface area contributed by atoms with E-state index < -0.39 is 0 Å². The number of carbonyl (C=O) groups excluding carboxylic acids is 1. The van der Waals surface area contributed by atoms with Crippen LogP contribution in [0.2, 0.25) is 0 Å². The zero-order valence-electron chi connectivity index (χ0n) is 9.25. The standard InChI is InChI=1S/C10H20N2OS2/c1-2-3-11-7-10(13)12-6-9-8-14-4-5-15-9/h9,11H,2-8H2,1H3,(H,12,13). The average molecular weight is 248 g/mol. The Labute approximate surface area is 101 Å². The van der Waals surface area contributed by atoms with Gasteiger partial charge in [0.1, 0.15) is 0 Å². The van der Waals surface area contributed by atoms with Crippen LogP contribution in [-0.4, -0.2) is 48.0 Å². The number of hydrogen-bond acceptors (Lipinski definition) is 4. The highest BCUT2D eigenvalue weighted by atomic mass is 32.2. The van der Waals surface area contributed by atoms with Crippen molar-refractivity contribution >= 4 is 29.4 Å². The summed E-state index contributed by atoms with van der Waals surface area (Å²) in [6.07, 6.45) is 1.07. The Balaban J connectivity index is 2.00. The highest BCUT2D eigenvalue weighted by Gasteiger charge is 2.14. The molecule has 1 heterocycles. The molecule has 1 aliphatic rings. The molecule has 1 aliphatic heterocycles. The zero-order valence-corrected chi connectivity index (χ0v) is 10.9. The quantitative estimate of drug-likeness (QED) is 0.687. The third-order valence-corrected chi connectivity index (χ3v) is 4.97. The summed E-state index contributed by atoms with van der Waals surface area (Å²) in [6, 6.07) is 0. The van der Waals surface area contributed by atoms with Gasteiger partial charge in [-0.15, -0.1) is 0 Å². The molecule has 0 saturated carbocycles. The van der Waals surface area contributed by atoms with Crippen LogP contribution in [0, 0.1) is 0 Å². The van der Waals surface area contributed by atoms with Crippen molar-refractivity contribution in [3.8, 4) is 0 Å². The number of rotatable bonds is 6. The summed E-state index contributed by atoms with van der Waals surface area (Å²) in [5.41, 5.74) is 0. The van der Waals surface area contributed by atoms with Gasteiger partial charge in [-0.1, -0.05) is 6.92 Å². The molecule has 0 spiro atoms. The first-order chi connectivity index (χ1) is 7.33. The second-order valence-electron chi connectivity index (χ2n) is 3.55. The van der Waals surface area contributed by atoms with Gasteiger partial charge >= 0.3 is 0 Å². The summed E-state index contributed by atoms with van der Waals surface area (Å²) in [6.45, 7) is 4.30. The van der Waals surface area contributed by atoms with Gasteiger partial charge in [-0.25, -0.2) is 0 Å². The highest BCUT2D eigenvalue weighted by molar-refractivity contribution is 8.06. The maximum atomic E-state index is 11.4. The molecule has 0 aromatic heterocycles. The molecule has 0 bridgehead atoms. The minimum Gasteiger partial charge on any atom is -0.354 e. The Hall–Kier alpha value is 0.130. The summed E-state index contributed by atoms with van der Waals surface area (Å²) in [4.78, 5) is 11.4. The van der Waals surface area contributed by atoms with Gasteiger partial charge in [0.05, 0.1) is 6.54 Å². The Morgan fingerprint density at radius 2 is 2.33 bits per heavy atom. The summed E-state index contributed by atoms with van der Waals surface area (Å²) in [5.74, 6) is 3.78. The first-order valence-corrected chi connectivity index (χ1v) is 7.70. The molecule has 0 radical (unpaired) electrons. The van der Waals surface area contributed by atoms with Crippen molar-refractivity contribution in [3.63, 3.8) is 0 Å². The third kappa shape index (κ3) is 6.33. The monoisotopic (exact) mass is 248 g/mol. The fourth-order valence-electron chi connectivity index (χ4n) is 1.32. The summed E-state index contributed by atoms with van der Waals surface area (Å²) >= 11 is 3.97. The van der Waals surface area contributed by atoms with Crippen LogP contribution in [0.1, 0.15) is 13.3 Å². The average Bonchev–Trinajstić information content (AvgIpc) is 2.28. The molecule has 1 unspecified atom stereocenters. The molecule has 3 nitrogen and oxygen atoms in total. The van der Waals surface area contributed by atoms with Crippen LogP contribution in [0.15, 0.2) is 0 Å². The molecule has 88 valence electrons. The van der Waals surface area contributed by atoms with E-state index in [1.165, 1.54) is 17.3 Å². The molecule has 5 heteroatoms. The lowest BCUT2D eigenvalue weighted by molar-refractivity contribution is -0.120. The Bertz CT molecular complexity index is 184. The predicted molar refractivity (Wildman–Crippen MR) is 69.7 cm³/mol. The van der Waals surface area contributed by atoms with Crippen molar-refractivity contribution in [2.45, 2.75) is 18.6 Å². The van der Waals surface area contributed by atoms with Gasteiger partial charge in [0, 0.05) is 29.1 Å². The van der Waals surface area contributed by atoms with Crippen LogP contribution in [-0.2, 0) is 4.79 Å². The van der Waals surface area contributed by atoms with Crippen molar-refractivity contribution in [1.82, 2.24) is 10.6 Å². The summed E-state index contributed by atoms with van der Waals surface area (Å²) < 4.78 is 0. The van der Waals surface area contributed by atoms with Crippen LogP contribution in [0.4, 0.5) is 0 Å². The van der Waals surface area contributed by atoms with E-state index in [4.69, 9.17) is 0 Å². The van der Waals surface area contributed by atoms with Gasteiger partial charge in [0.15, 0.2) is 0 Å². The molecule has 15 heavy (non-hydrogen) atoms. The second-order valence-corrected chi connectivity index (χ2v) is 6.11. The number of amides is 1. The summed E-state index contributed by atoms with van der Waals surface area (Å²) in [5, 5.41) is 6.68. The molecular formula is C10H20N2OS2. The van der Waals surface area contributed by atoms with Crippen LogP contribution in [0.3, 0.4) is 0 Å². The van der Waals surface area contributed by atoms with E-state index in [0.29, 0.717) is 11.8 Å². The van der Waals surface area contributed by atoms with Gasteiger partial charge < -0.3 is 10.6 Å². The predicted octanol–water partition coefficient (Wildman–Crippen LogP) is 0.951. The normalized spacial score (nSPS) is 21.3. The molecule has 0 aliphatic carbocycles. The van der Waals surface area contributed by atoms with E-state index in [1.807, 2.05) is 23.5 Å². The van der Waals surface area contributed by atoms with E-state index in [0.717, 1.165) is 19.5 Å². The van der Waals surface area contributed by atoms with E-state index in [2.05, 4.69) is 17.6 Å². The SMILES string of the molecule is CCCNCC(=O)NCC1CSCCS1. The van der Waals surface area contributed by atoms with E-state index >= 15 is 0 Å². The summed E-state index contributed by atoms with van der Waals surface area (Å²) in [7, 11) is 0. The van der Waals surface area contributed by atoms with E-state index in [-0.39, 0.29) is 5.91 Å². The fraction of sp³-hybridized carbons (Fsp3) is 0.900. The highest BCUT2D eigenvalue weighted by Crippen LogP contribution is 2.23. The molecule has 1 rings (SSSR count). The molecule has 0 aromatic carbocycles. The van der Waals surface area contributed by atoms with Gasteiger partial charge in [-0.2, -0.15) is 23.5 Å². The van der Waals surface area contributed by atoms with Crippen molar-refractivity contribution in [1.29, 1.82) is 0 Å². The lowest BCUT2D eigenvalue weighted by atomic mass is 10.4. The van der Waals surface area contributed by atoms with Gasteiger partial charge in [0.2, 0.25) is 5.91 Å². The van der Waals surface area contributed by atoms with Crippen LogP contribution < -0.4 is 10.6 Å². The first-order valence-electron chi connectivity index (χ1n) is 5.49. The smallest absolute Gasteiger partial charge is 0.233 e. The zero-order chi connectivity index (χ0) is 10.9. The Morgan fingerprint density at radius 3 is 3.00 bits per heavy atom. The van der Waals surface area contributed by atoms with Crippen LogP contribution in [0.25, 0.3) is 0 Å². The third-order valence-electron chi connectivity index (χ3n) is 2.12. The minimum atomic E-state index is 0.125. The molecule has 2 N–H and O–H groups in total. The van der Waals surface area contributed by atoms with Crippen LogP contribution >= 0.6 is 23.5 Å². The van der Waals surface area contributed by atoms with Gasteiger partial charge in [-0.3, -0.25) is 4.79 Å². The second kappa shape index (κ2) is 8.30. The van der Waals surface area contributed by atoms with Gasteiger partial charge in [0.25, 0.3) is 0 Å². The number of hydrogen-bond donors (Lipinski definition) is 2. The maximum Gasteiger partial charge on any atom is 0.233 e. The largest absolute Gasteiger partial charge is 0.354 e. The maximum absolute atomic E-state index is 11.4. The number of nitrogens with one attached hydrogen (secondary N) is 2. The molecule has 1 amide bonds. The molecule has 1 saturated heterocycles. The Morgan fingerprint density at radius 1 is 1.47 bits per heavy atom. The van der Waals surface area contributed by atoms with Crippen molar-refractivity contribution in [2.24, 2.45) is 0 Å². The lowest BCUT2D eigenvalue weighted by Crippen LogP contribution is -2.38. The van der Waals surface area contributed by atoms with E-state index in [1.54, 1.807) is 0 Å². The first kappa shape index (κ1) is 13.2. The van der Waals surface area contributed by atoms with E-state index in [9.17, 15) is 4.79 Å². The molecule has 0 aromatic rings. The van der Waals surface area contributed by atoms with Crippen molar-refractivity contribution in [2.75, 3.05) is 36.9 Å². The molecule has 1 fully saturated rings. The van der Waals surface area contributed by atoms with Gasteiger partial charge in [-0.05, 0) is 13.0 Å². The topological polar surface area (TPSA) is 41.1 Å². The molecular weight excluding hydrogens is 228 g/mol. The Kier molecular flexibility index (Phi) is 7.30. The minimum absolute atomic E-state index is 0.125. The fourth-order valence-corrected chi connectivity index (χ4v) is 3.94. The number of thioether (sulfide) groups is 2. The molecule has 1 atom stereocenters.